The first kappa shape index (κ1) is 44.6. The van der Waals surface area contributed by atoms with Crippen molar-refractivity contribution in [2.75, 3.05) is 80.8 Å². The molecule has 316 valence electrons. The Morgan fingerprint density at radius 1 is 0.433 bits per heavy atom. The van der Waals surface area contributed by atoms with Gasteiger partial charge in [-0.05, 0) is 70.1 Å². The van der Waals surface area contributed by atoms with E-state index in [-0.39, 0.29) is 84.4 Å². The number of hydrogen-bond acceptors (Lipinski definition) is 14. The lowest BCUT2D eigenvalue weighted by molar-refractivity contribution is -0.142. The second-order valence-electron chi connectivity index (χ2n) is 14.1. The van der Waals surface area contributed by atoms with Gasteiger partial charge in [-0.1, -0.05) is 12.1 Å². The summed E-state index contributed by atoms with van der Waals surface area (Å²) in [7, 11) is 5.19. The van der Waals surface area contributed by atoms with Crippen LogP contribution in [0.1, 0.15) is 78.2 Å². The van der Waals surface area contributed by atoms with E-state index in [9.17, 15) is 38.4 Å². The third kappa shape index (κ3) is 11.4. The lowest BCUT2D eigenvalue weighted by atomic mass is 9.81. The number of carbonyl (C=O) groups excluding carboxylic acids is 8. The summed E-state index contributed by atoms with van der Waals surface area (Å²) in [6.45, 7) is 2.49. The summed E-state index contributed by atoms with van der Waals surface area (Å²) in [6.07, 6.45) is 0.478. The zero-order valence-electron chi connectivity index (χ0n) is 34.1. The van der Waals surface area contributed by atoms with Gasteiger partial charge in [-0.25, -0.2) is 0 Å². The topological polar surface area (TPSA) is 204 Å². The van der Waals surface area contributed by atoms with Gasteiger partial charge in [0.15, 0.2) is 11.6 Å². The molecule has 0 aromatic heterocycles. The number of benzene rings is 4. The SMILES string of the molecule is COC(=O)CCN(CCNC(=O)c1ccc2cc3c(cc2c1)C(=O)c1cc2ccc(C(=O)NCCN(CCC(=O)OC)CCC(=O)OC)cc2cc1C3=O)CCC(=O)OC. The van der Waals surface area contributed by atoms with Gasteiger partial charge in [0.1, 0.15) is 0 Å². The predicted octanol–water partition coefficient (Wildman–Crippen LogP) is 3.08. The molecule has 1 aliphatic rings. The number of carbonyl (C=O) groups is 8. The van der Waals surface area contributed by atoms with Crippen molar-refractivity contribution in [1.82, 2.24) is 20.4 Å². The Labute approximate surface area is 346 Å². The molecule has 0 saturated carbocycles. The molecular weight excluding hydrogens is 777 g/mol. The van der Waals surface area contributed by atoms with E-state index in [1.165, 1.54) is 28.4 Å². The first-order valence-corrected chi connectivity index (χ1v) is 19.4. The number of rotatable bonds is 20. The summed E-state index contributed by atoms with van der Waals surface area (Å²) in [5.41, 5.74) is 1.57. The van der Waals surface area contributed by atoms with Crippen LogP contribution in [0.4, 0.5) is 0 Å². The Bertz CT molecular complexity index is 2120. The molecule has 16 heteroatoms. The number of nitrogens with zero attached hydrogens (tertiary/aromatic N) is 2. The molecule has 2 amide bonds. The molecule has 0 spiro atoms. The van der Waals surface area contributed by atoms with Gasteiger partial charge >= 0.3 is 23.9 Å². The molecule has 0 saturated heterocycles. The van der Waals surface area contributed by atoms with Crippen LogP contribution in [0, 0.1) is 0 Å². The Morgan fingerprint density at radius 2 is 0.733 bits per heavy atom. The largest absolute Gasteiger partial charge is 0.469 e. The Hall–Kier alpha value is -6.52. The standard InChI is InChI=1S/C44H48N4O12/c1-57-37(49)9-15-47(16-10-38(50)58-2)19-13-45-43(55)29-7-5-27-23-33-35(25-31(27)21-29)41(53)34-24-28-6-8-30(22-32(28)26-36(34)42(33)54)44(56)46-14-20-48(17-11-39(51)59-3)18-12-40(52)60-4/h5-8,21-26H,9-20H2,1-4H3,(H,45,55)(H,46,56). The number of esters is 4. The van der Waals surface area contributed by atoms with Crippen LogP contribution < -0.4 is 10.6 Å². The van der Waals surface area contributed by atoms with E-state index >= 15 is 0 Å². The summed E-state index contributed by atoms with van der Waals surface area (Å²) < 4.78 is 18.9. The van der Waals surface area contributed by atoms with Gasteiger partial charge in [0.05, 0.1) is 54.1 Å². The third-order valence-corrected chi connectivity index (χ3v) is 10.3. The number of methoxy groups -OCH3 is 4. The van der Waals surface area contributed by atoms with Crippen molar-refractivity contribution in [2.24, 2.45) is 0 Å². The smallest absolute Gasteiger partial charge is 0.306 e. The van der Waals surface area contributed by atoms with Crippen LogP contribution in [-0.4, -0.2) is 138 Å². The maximum Gasteiger partial charge on any atom is 0.306 e. The van der Waals surface area contributed by atoms with Gasteiger partial charge in [-0.15, -0.1) is 0 Å². The molecule has 0 atom stereocenters. The quantitative estimate of drug-likeness (QED) is 0.0856. The second-order valence-corrected chi connectivity index (χ2v) is 14.1. The highest BCUT2D eigenvalue weighted by atomic mass is 16.5. The van der Waals surface area contributed by atoms with Crippen LogP contribution in [0.5, 0.6) is 0 Å². The fourth-order valence-electron chi connectivity index (χ4n) is 6.86. The first-order chi connectivity index (χ1) is 28.8. The van der Waals surface area contributed by atoms with E-state index in [1.807, 2.05) is 9.80 Å². The van der Waals surface area contributed by atoms with Crippen molar-refractivity contribution in [3.63, 3.8) is 0 Å². The molecule has 4 aromatic rings. The summed E-state index contributed by atoms with van der Waals surface area (Å²) in [5.74, 6) is -2.99. The zero-order chi connectivity index (χ0) is 43.3. The lowest BCUT2D eigenvalue weighted by Crippen LogP contribution is -2.37. The Kier molecular flexibility index (Phi) is 15.6. The molecule has 0 radical (unpaired) electrons. The molecule has 0 aliphatic heterocycles. The molecule has 1 aliphatic carbocycles. The van der Waals surface area contributed by atoms with E-state index < -0.39 is 23.9 Å². The van der Waals surface area contributed by atoms with Crippen molar-refractivity contribution < 1.29 is 57.3 Å². The summed E-state index contributed by atoms with van der Waals surface area (Å²) in [4.78, 5) is 105. The van der Waals surface area contributed by atoms with Crippen LogP contribution in [0.25, 0.3) is 21.5 Å². The maximum atomic E-state index is 13.9. The van der Waals surface area contributed by atoms with E-state index in [1.54, 1.807) is 60.7 Å². The number of ketones is 2. The fourth-order valence-corrected chi connectivity index (χ4v) is 6.86. The van der Waals surface area contributed by atoms with Gasteiger partial charge < -0.3 is 39.4 Å². The van der Waals surface area contributed by atoms with Gasteiger partial charge in [-0.2, -0.15) is 0 Å². The van der Waals surface area contributed by atoms with Crippen molar-refractivity contribution in [2.45, 2.75) is 25.7 Å². The minimum atomic E-state index is -0.392. The van der Waals surface area contributed by atoms with E-state index in [2.05, 4.69) is 10.6 Å². The second kappa shape index (κ2) is 20.9. The molecule has 0 unspecified atom stereocenters. The monoisotopic (exact) mass is 824 g/mol. The average molecular weight is 825 g/mol. The van der Waals surface area contributed by atoms with Crippen LogP contribution in [0.3, 0.4) is 0 Å². The molecule has 5 rings (SSSR count). The van der Waals surface area contributed by atoms with Crippen molar-refractivity contribution in [3.8, 4) is 0 Å². The number of hydrogen-bond donors (Lipinski definition) is 2. The fraction of sp³-hybridized carbons (Fsp3) is 0.364. The highest BCUT2D eigenvalue weighted by Crippen LogP contribution is 2.34. The van der Waals surface area contributed by atoms with Crippen LogP contribution in [-0.2, 0) is 38.1 Å². The normalized spacial score (nSPS) is 11.9. The predicted molar refractivity (Wildman–Crippen MR) is 219 cm³/mol. The average Bonchev–Trinajstić information content (AvgIpc) is 3.27. The zero-order valence-corrected chi connectivity index (χ0v) is 34.1. The van der Waals surface area contributed by atoms with Crippen molar-refractivity contribution in [3.05, 3.63) is 94.0 Å². The number of ether oxygens (including phenoxy) is 4. The molecule has 0 fully saturated rings. The minimum absolute atomic E-state index is 0.119. The Balaban J connectivity index is 1.26. The van der Waals surface area contributed by atoms with E-state index in [0.717, 1.165) is 0 Å². The van der Waals surface area contributed by atoms with Crippen LogP contribution in [0.15, 0.2) is 60.7 Å². The molecule has 4 aromatic carbocycles. The van der Waals surface area contributed by atoms with Crippen LogP contribution in [0.2, 0.25) is 0 Å². The van der Waals surface area contributed by atoms with Crippen molar-refractivity contribution in [1.29, 1.82) is 0 Å². The molecule has 60 heavy (non-hydrogen) atoms. The Morgan fingerprint density at radius 3 is 1.03 bits per heavy atom. The third-order valence-electron chi connectivity index (χ3n) is 10.3. The maximum absolute atomic E-state index is 13.9. The van der Waals surface area contributed by atoms with E-state index in [0.29, 0.717) is 71.9 Å². The highest BCUT2D eigenvalue weighted by Gasteiger charge is 2.31. The first-order valence-electron chi connectivity index (χ1n) is 19.4. The molecule has 0 bridgehead atoms. The van der Waals surface area contributed by atoms with Crippen LogP contribution >= 0.6 is 0 Å². The lowest BCUT2D eigenvalue weighted by Gasteiger charge is -2.21. The molecule has 16 nitrogen and oxygen atoms in total. The summed E-state index contributed by atoms with van der Waals surface area (Å²) >= 11 is 0. The highest BCUT2D eigenvalue weighted by molar-refractivity contribution is 6.30. The number of fused-ring (bicyclic) bond motifs is 4. The van der Waals surface area contributed by atoms with Gasteiger partial charge in [0.2, 0.25) is 0 Å². The van der Waals surface area contributed by atoms with Gasteiger partial charge in [0, 0.05) is 85.7 Å². The minimum Gasteiger partial charge on any atom is -0.469 e. The molecule has 2 N–H and O–H groups in total. The molecule has 0 heterocycles. The summed E-state index contributed by atoms with van der Waals surface area (Å²) in [5, 5.41) is 8.21. The number of nitrogens with one attached hydrogen (secondary N) is 2. The van der Waals surface area contributed by atoms with E-state index in [4.69, 9.17) is 18.9 Å². The van der Waals surface area contributed by atoms with Gasteiger partial charge in [0.25, 0.3) is 11.8 Å². The number of amides is 2. The van der Waals surface area contributed by atoms with Crippen molar-refractivity contribution >= 4 is 68.8 Å². The summed E-state index contributed by atoms with van der Waals surface area (Å²) in [6, 6.07) is 16.5. The molecular formula is C44H48N4O12. The van der Waals surface area contributed by atoms with Gasteiger partial charge in [-0.3, -0.25) is 38.4 Å².